The lowest BCUT2D eigenvalue weighted by Gasteiger charge is -2.10. The van der Waals surface area contributed by atoms with Gasteiger partial charge in [-0.05, 0) is 12.8 Å². The third kappa shape index (κ3) is 3.18. The lowest BCUT2D eigenvalue weighted by atomic mass is 10.2. The molecule has 2 aromatic rings. The fourth-order valence-electron chi connectivity index (χ4n) is 1.84. The molecule has 0 atom stereocenters. The second-order valence-electron chi connectivity index (χ2n) is 4.25. The highest BCUT2D eigenvalue weighted by atomic mass is 15.3. The number of nitrogens with zero attached hydrogens (tertiary/aromatic N) is 5. The standard InChI is InChI=1S/C12H19N7/c1-3-5-19-8-16-18-10(19)7-14-11-9(4-2)6-15-12(13)17-11/h6,8H,3-5,7H2,1-2H3,(H3,13,14,15,17). The van der Waals surface area contributed by atoms with Gasteiger partial charge in [-0.15, -0.1) is 10.2 Å². The van der Waals surface area contributed by atoms with E-state index in [2.05, 4.69) is 39.3 Å². The monoisotopic (exact) mass is 261 g/mol. The number of aryl methyl sites for hydroxylation is 2. The molecule has 2 aromatic heterocycles. The van der Waals surface area contributed by atoms with Crippen molar-refractivity contribution >= 4 is 11.8 Å². The van der Waals surface area contributed by atoms with Gasteiger partial charge in [0.25, 0.3) is 0 Å². The van der Waals surface area contributed by atoms with E-state index in [0.29, 0.717) is 6.54 Å². The molecule has 3 N–H and O–H groups in total. The Morgan fingerprint density at radius 1 is 1.37 bits per heavy atom. The fraction of sp³-hybridized carbons (Fsp3) is 0.500. The molecule has 2 heterocycles. The summed E-state index contributed by atoms with van der Waals surface area (Å²) < 4.78 is 2.03. The van der Waals surface area contributed by atoms with Gasteiger partial charge in [-0.1, -0.05) is 13.8 Å². The Hall–Kier alpha value is -2.18. The molecule has 0 saturated heterocycles. The Balaban J connectivity index is 2.09. The highest BCUT2D eigenvalue weighted by molar-refractivity contribution is 5.45. The van der Waals surface area contributed by atoms with Crippen LogP contribution in [0, 0.1) is 0 Å². The second kappa shape index (κ2) is 6.12. The quantitative estimate of drug-likeness (QED) is 0.812. The summed E-state index contributed by atoms with van der Waals surface area (Å²) in [6.45, 7) is 5.66. The van der Waals surface area contributed by atoms with E-state index >= 15 is 0 Å². The van der Waals surface area contributed by atoms with Crippen molar-refractivity contribution in [2.75, 3.05) is 11.1 Å². The number of hydrogen-bond acceptors (Lipinski definition) is 6. The molecule has 0 aliphatic heterocycles. The van der Waals surface area contributed by atoms with Gasteiger partial charge < -0.3 is 15.6 Å². The summed E-state index contributed by atoms with van der Waals surface area (Å²) in [6.07, 6.45) is 5.40. The number of nitrogens with one attached hydrogen (secondary N) is 1. The first kappa shape index (κ1) is 13.3. The molecule has 0 saturated carbocycles. The van der Waals surface area contributed by atoms with Gasteiger partial charge in [-0.25, -0.2) is 4.98 Å². The van der Waals surface area contributed by atoms with Crippen LogP contribution in [-0.4, -0.2) is 24.7 Å². The van der Waals surface area contributed by atoms with Crippen molar-refractivity contribution in [3.8, 4) is 0 Å². The molecule has 0 fully saturated rings. The lowest BCUT2D eigenvalue weighted by molar-refractivity contribution is 0.643. The van der Waals surface area contributed by atoms with Crippen molar-refractivity contribution in [2.24, 2.45) is 0 Å². The molecule has 0 aliphatic rings. The molecule has 19 heavy (non-hydrogen) atoms. The SMILES string of the molecule is CCCn1cnnc1CNc1nc(N)ncc1CC. The average Bonchev–Trinajstić information content (AvgIpc) is 2.84. The Kier molecular flexibility index (Phi) is 4.27. The maximum Gasteiger partial charge on any atom is 0.221 e. The van der Waals surface area contributed by atoms with Crippen molar-refractivity contribution in [2.45, 2.75) is 39.8 Å². The van der Waals surface area contributed by atoms with Crippen LogP contribution in [0.3, 0.4) is 0 Å². The van der Waals surface area contributed by atoms with Crippen molar-refractivity contribution < 1.29 is 0 Å². The van der Waals surface area contributed by atoms with Gasteiger partial charge in [0.15, 0.2) is 5.82 Å². The van der Waals surface area contributed by atoms with Crippen molar-refractivity contribution in [1.82, 2.24) is 24.7 Å². The minimum atomic E-state index is 0.273. The summed E-state index contributed by atoms with van der Waals surface area (Å²) in [5.74, 6) is 1.93. The van der Waals surface area contributed by atoms with E-state index in [4.69, 9.17) is 5.73 Å². The molecule has 0 aromatic carbocycles. The smallest absolute Gasteiger partial charge is 0.221 e. The van der Waals surface area contributed by atoms with Gasteiger partial charge in [0, 0.05) is 18.3 Å². The molecule has 0 radical (unpaired) electrons. The maximum absolute atomic E-state index is 5.61. The van der Waals surface area contributed by atoms with E-state index in [1.807, 2.05) is 4.57 Å². The average molecular weight is 261 g/mol. The number of hydrogen-bond donors (Lipinski definition) is 2. The van der Waals surface area contributed by atoms with Crippen molar-refractivity contribution in [1.29, 1.82) is 0 Å². The molecule has 0 bridgehead atoms. The van der Waals surface area contributed by atoms with Crippen LogP contribution >= 0.6 is 0 Å². The Labute approximate surface area is 112 Å². The third-order valence-corrected chi connectivity index (χ3v) is 2.84. The number of nitrogen functional groups attached to an aromatic ring is 1. The summed E-state index contributed by atoms with van der Waals surface area (Å²) in [7, 11) is 0. The summed E-state index contributed by atoms with van der Waals surface area (Å²) >= 11 is 0. The Morgan fingerprint density at radius 3 is 2.95 bits per heavy atom. The highest BCUT2D eigenvalue weighted by Gasteiger charge is 2.07. The van der Waals surface area contributed by atoms with Crippen molar-refractivity contribution in [3.05, 3.63) is 23.9 Å². The second-order valence-corrected chi connectivity index (χ2v) is 4.25. The van der Waals surface area contributed by atoms with E-state index in [-0.39, 0.29) is 5.95 Å². The molecule has 0 spiro atoms. The van der Waals surface area contributed by atoms with Gasteiger partial charge in [0.2, 0.25) is 5.95 Å². The number of aromatic nitrogens is 5. The lowest BCUT2D eigenvalue weighted by Crippen LogP contribution is -2.11. The molecule has 7 heteroatoms. The molecular formula is C12H19N7. The van der Waals surface area contributed by atoms with Crippen LogP contribution in [-0.2, 0) is 19.5 Å². The predicted molar refractivity (Wildman–Crippen MR) is 73.5 cm³/mol. The van der Waals surface area contributed by atoms with E-state index in [9.17, 15) is 0 Å². The maximum atomic E-state index is 5.61. The Morgan fingerprint density at radius 2 is 2.21 bits per heavy atom. The summed E-state index contributed by atoms with van der Waals surface area (Å²) in [5, 5.41) is 11.3. The van der Waals surface area contributed by atoms with E-state index in [1.165, 1.54) is 0 Å². The van der Waals surface area contributed by atoms with Gasteiger partial charge in [0.1, 0.15) is 12.1 Å². The highest BCUT2D eigenvalue weighted by Crippen LogP contribution is 2.14. The first-order valence-electron chi connectivity index (χ1n) is 6.46. The molecule has 0 unspecified atom stereocenters. The van der Waals surface area contributed by atoms with Crippen LogP contribution in [0.15, 0.2) is 12.5 Å². The number of rotatable bonds is 6. The largest absolute Gasteiger partial charge is 0.368 e. The van der Waals surface area contributed by atoms with Gasteiger partial charge in [0.05, 0.1) is 6.54 Å². The van der Waals surface area contributed by atoms with Crippen LogP contribution in [0.5, 0.6) is 0 Å². The van der Waals surface area contributed by atoms with Crippen LogP contribution in [0.4, 0.5) is 11.8 Å². The minimum Gasteiger partial charge on any atom is -0.368 e. The van der Waals surface area contributed by atoms with Gasteiger partial charge in [-0.2, -0.15) is 4.98 Å². The first-order valence-corrected chi connectivity index (χ1v) is 6.46. The normalized spacial score (nSPS) is 10.6. The summed E-state index contributed by atoms with van der Waals surface area (Å²) in [5.41, 5.74) is 6.65. The van der Waals surface area contributed by atoms with Gasteiger partial charge in [-0.3, -0.25) is 0 Å². The predicted octanol–water partition coefficient (Wildman–Crippen LogP) is 1.23. The van der Waals surface area contributed by atoms with Gasteiger partial charge >= 0.3 is 0 Å². The van der Waals surface area contributed by atoms with E-state index in [1.54, 1.807) is 12.5 Å². The topological polar surface area (TPSA) is 94.5 Å². The van der Waals surface area contributed by atoms with E-state index < -0.39 is 0 Å². The zero-order chi connectivity index (χ0) is 13.7. The zero-order valence-corrected chi connectivity index (χ0v) is 11.3. The summed E-state index contributed by atoms with van der Waals surface area (Å²) in [4.78, 5) is 8.21. The first-order chi connectivity index (χ1) is 9.24. The molecular weight excluding hydrogens is 242 g/mol. The zero-order valence-electron chi connectivity index (χ0n) is 11.3. The van der Waals surface area contributed by atoms with Crippen LogP contribution in [0.2, 0.25) is 0 Å². The van der Waals surface area contributed by atoms with Crippen molar-refractivity contribution in [3.63, 3.8) is 0 Å². The van der Waals surface area contributed by atoms with Crippen LogP contribution in [0.1, 0.15) is 31.7 Å². The third-order valence-electron chi connectivity index (χ3n) is 2.84. The molecule has 102 valence electrons. The molecule has 7 nitrogen and oxygen atoms in total. The van der Waals surface area contributed by atoms with E-state index in [0.717, 1.165) is 36.6 Å². The minimum absolute atomic E-state index is 0.273. The number of nitrogens with two attached hydrogens (primary N) is 1. The summed E-state index contributed by atoms with van der Waals surface area (Å²) in [6, 6.07) is 0. The Bertz CT molecular complexity index is 535. The molecule has 0 aliphatic carbocycles. The molecule has 0 amide bonds. The fourth-order valence-corrected chi connectivity index (χ4v) is 1.84. The van der Waals surface area contributed by atoms with Crippen LogP contribution < -0.4 is 11.1 Å². The number of anilines is 2. The van der Waals surface area contributed by atoms with Crippen LogP contribution in [0.25, 0.3) is 0 Å². The molecule has 2 rings (SSSR count).